The van der Waals surface area contributed by atoms with Crippen LogP contribution in [0.2, 0.25) is 0 Å². The van der Waals surface area contributed by atoms with Crippen molar-refractivity contribution in [3.05, 3.63) is 33.9 Å². The topological polar surface area (TPSA) is 75.4 Å². The number of nitrogens with one attached hydrogen (secondary N) is 1. The molecule has 0 aliphatic carbocycles. The Bertz CT molecular complexity index is 444. The minimum Gasteiger partial charge on any atom is -0.396 e. The van der Waals surface area contributed by atoms with Crippen LogP contribution in [0.4, 0.5) is 11.4 Å². The minimum atomic E-state index is -0.380. The van der Waals surface area contributed by atoms with E-state index in [1.54, 1.807) is 12.1 Å². The van der Waals surface area contributed by atoms with Crippen molar-refractivity contribution in [1.82, 2.24) is 0 Å². The highest BCUT2D eigenvalue weighted by Crippen LogP contribution is 2.25. The molecular formula is C14H22N2O3. The van der Waals surface area contributed by atoms with Crippen LogP contribution < -0.4 is 5.32 Å². The predicted molar refractivity (Wildman–Crippen MR) is 76.4 cm³/mol. The number of nitro benzene ring substituents is 1. The first-order chi connectivity index (χ1) is 8.84. The SMILES string of the molecule is Cc1cc(NCC(C)(C)CCCO)cc([N+](=O)[O-])c1. The van der Waals surface area contributed by atoms with Gasteiger partial charge in [0.1, 0.15) is 0 Å². The average molecular weight is 266 g/mol. The molecule has 0 bridgehead atoms. The molecule has 1 aromatic rings. The van der Waals surface area contributed by atoms with E-state index in [0.29, 0.717) is 6.54 Å². The van der Waals surface area contributed by atoms with Crippen LogP contribution in [0, 0.1) is 22.5 Å². The van der Waals surface area contributed by atoms with Crippen LogP contribution in [0.3, 0.4) is 0 Å². The maximum atomic E-state index is 10.8. The fourth-order valence-corrected chi connectivity index (χ4v) is 1.96. The van der Waals surface area contributed by atoms with Gasteiger partial charge in [0.15, 0.2) is 0 Å². The molecule has 0 radical (unpaired) electrons. The van der Waals surface area contributed by atoms with Crippen molar-refractivity contribution in [3.8, 4) is 0 Å². The summed E-state index contributed by atoms with van der Waals surface area (Å²) in [6, 6.07) is 5.01. The lowest BCUT2D eigenvalue weighted by atomic mass is 9.88. The molecule has 0 aliphatic rings. The summed E-state index contributed by atoms with van der Waals surface area (Å²) in [5.74, 6) is 0. The molecule has 2 N–H and O–H groups in total. The number of nitro groups is 1. The summed E-state index contributed by atoms with van der Waals surface area (Å²) in [6.45, 7) is 6.97. The number of non-ortho nitro benzene ring substituents is 1. The Labute approximate surface area is 113 Å². The second-order valence-corrected chi connectivity index (χ2v) is 5.66. The van der Waals surface area contributed by atoms with Gasteiger partial charge in [-0.1, -0.05) is 13.8 Å². The predicted octanol–water partition coefficient (Wildman–Crippen LogP) is 3.11. The Hall–Kier alpha value is -1.62. The molecule has 0 unspecified atom stereocenters. The van der Waals surface area contributed by atoms with E-state index in [9.17, 15) is 10.1 Å². The standard InChI is InChI=1S/C14H22N2O3/c1-11-7-12(9-13(8-11)16(18)19)15-10-14(2,3)5-4-6-17/h7-9,15,17H,4-6,10H2,1-3H3. The van der Waals surface area contributed by atoms with Crippen molar-refractivity contribution in [1.29, 1.82) is 0 Å². The highest BCUT2D eigenvalue weighted by Gasteiger charge is 2.17. The summed E-state index contributed by atoms with van der Waals surface area (Å²) in [4.78, 5) is 10.4. The second kappa shape index (κ2) is 6.52. The monoisotopic (exact) mass is 266 g/mol. The van der Waals surface area contributed by atoms with Gasteiger partial charge in [0.05, 0.1) is 4.92 Å². The van der Waals surface area contributed by atoms with Gasteiger partial charge in [-0.25, -0.2) is 0 Å². The van der Waals surface area contributed by atoms with E-state index in [0.717, 1.165) is 24.1 Å². The number of anilines is 1. The van der Waals surface area contributed by atoms with Gasteiger partial charge >= 0.3 is 0 Å². The van der Waals surface area contributed by atoms with Crippen LogP contribution >= 0.6 is 0 Å². The molecule has 0 aromatic heterocycles. The molecule has 5 nitrogen and oxygen atoms in total. The normalized spacial score (nSPS) is 11.4. The fraction of sp³-hybridized carbons (Fsp3) is 0.571. The first kappa shape index (κ1) is 15.4. The molecule has 0 saturated heterocycles. The molecule has 5 heteroatoms. The van der Waals surface area contributed by atoms with E-state index in [1.807, 2.05) is 13.0 Å². The summed E-state index contributed by atoms with van der Waals surface area (Å²) >= 11 is 0. The molecule has 19 heavy (non-hydrogen) atoms. The first-order valence-electron chi connectivity index (χ1n) is 6.45. The second-order valence-electron chi connectivity index (χ2n) is 5.66. The molecule has 0 saturated carbocycles. The zero-order valence-corrected chi connectivity index (χ0v) is 11.8. The lowest BCUT2D eigenvalue weighted by Crippen LogP contribution is -2.23. The third kappa shape index (κ3) is 5.26. The third-order valence-electron chi connectivity index (χ3n) is 3.06. The Morgan fingerprint density at radius 3 is 2.63 bits per heavy atom. The van der Waals surface area contributed by atoms with E-state index < -0.39 is 0 Å². The largest absolute Gasteiger partial charge is 0.396 e. The molecule has 0 amide bonds. The number of rotatable bonds is 7. The highest BCUT2D eigenvalue weighted by atomic mass is 16.6. The van der Waals surface area contributed by atoms with Crippen LogP contribution in [0.1, 0.15) is 32.3 Å². The summed E-state index contributed by atoms with van der Waals surface area (Å²) in [5.41, 5.74) is 1.78. The Balaban J connectivity index is 2.69. The van der Waals surface area contributed by atoms with E-state index in [-0.39, 0.29) is 22.6 Å². The summed E-state index contributed by atoms with van der Waals surface area (Å²) < 4.78 is 0. The minimum absolute atomic E-state index is 0.0429. The lowest BCUT2D eigenvalue weighted by molar-refractivity contribution is -0.384. The van der Waals surface area contributed by atoms with Crippen LogP contribution in [-0.4, -0.2) is 23.2 Å². The zero-order chi connectivity index (χ0) is 14.5. The van der Waals surface area contributed by atoms with Crippen molar-refractivity contribution in [3.63, 3.8) is 0 Å². The Morgan fingerprint density at radius 1 is 1.37 bits per heavy atom. The molecule has 1 aromatic carbocycles. The molecule has 0 heterocycles. The number of hydrogen-bond acceptors (Lipinski definition) is 4. The number of aryl methyl sites for hydroxylation is 1. The van der Waals surface area contributed by atoms with Gasteiger partial charge in [-0.15, -0.1) is 0 Å². The number of nitrogens with zero attached hydrogens (tertiary/aromatic N) is 1. The van der Waals surface area contributed by atoms with E-state index in [2.05, 4.69) is 19.2 Å². The van der Waals surface area contributed by atoms with Gasteiger partial charge in [0, 0.05) is 31.0 Å². The zero-order valence-electron chi connectivity index (χ0n) is 11.8. The average Bonchev–Trinajstić information content (AvgIpc) is 2.33. The van der Waals surface area contributed by atoms with Gasteiger partial charge in [-0.3, -0.25) is 10.1 Å². The maximum Gasteiger partial charge on any atom is 0.271 e. The number of aliphatic hydroxyl groups excluding tert-OH is 1. The fourth-order valence-electron chi connectivity index (χ4n) is 1.96. The molecule has 0 spiro atoms. The molecule has 1 rings (SSSR count). The Kier molecular flexibility index (Phi) is 5.30. The van der Waals surface area contributed by atoms with Gasteiger partial charge in [-0.05, 0) is 36.8 Å². The van der Waals surface area contributed by atoms with Gasteiger partial charge in [0.25, 0.3) is 5.69 Å². The molecule has 0 aliphatic heterocycles. The van der Waals surface area contributed by atoms with Gasteiger partial charge < -0.3 is 10.4 Å². The quantitative estimate of drug-likeness (QED) is 0.587. The molecule has 106 valence electrons. The Morgan fingerprint density at radius 2 is 2.05 bits per heavy atom. The smallest absolute Gasteiger partial charge is 0.271 e. The van der Waals surface area contributed by atoms with Crippen LogP contribution in [0.5, 0.6) is 0 Å². The lowest BCUT2D eigenvalue weighted by Gasteiger charge is -2.25. The molecule has 0 atom stereocenters. The van der Waals surface area contributed by atoms with Crippen molar-refractivity contribution in [2.75, 3.05) is 18.5 Å². The van der Waals surface area contributed by atoms with Crippen LogP contribution in [0.15, 0.2) is 18.2 Å². The molecule has 0 fully saturated rings. The first-order valence-corrected chi connectivity index (χ1v) is 6.45. The molecular weight excluding hydrogens is 244 g/mol. The van der Waals surface area contributed by atoms with Crippen molar-refractivity contribution in [2.45, 2.75) is 33.6 Å². The van der Waals surface area contributed by atoms with Crippen LogP contribution in [0.25, 0.3) is 0 Å². The maximum absolute atomic E-state index is 10.8. The van der Waals surface area contributed by atoms with Gasteiger partial charge in [0.2, 0.25) is 0 Å². The van der Waals surface area contributed by atoms with E-state index in [4.69, 9.17) is 5.11 Å². The third-order valence-corrected chi connectivity index (χ3v) is 3.06. The summed E-state index contributed by atoms with van der Waals surface area (Å²) in [6.07, 6.45) is 1.67. The van der Waals surface area contributed by atoms with Crippen molar-refractivity contribution >= 4 is 11.4 Å². The van der Waals surface area contributed by atoms with Crippen molar-refractivity contribution < 1.29 is 10.0 Å². The van der Waals surface area contributed by atoms with Crippen molar-refractivity contribution in [2.24, 2.45) is 5.41 Å². The van der Waals surface area contributed by atoms with E-state index in [1.165, 1.54) is 0 Å². The number of aliphatic hydroxyl groups is 1. The van der Waals surface area contributed by atoms with Crippen LogP contribution in [-0.2, 0) is 0 Å². The highest BCUT2D eigenvalue weighted by molar-refractivity contribution is 5.53. The number of benzene rings is 1. The number of hydrogen-bond donors (Lipinski definition) is 2. The summed E-state index contributed by atoms with van der Waals surface area (Å²) in [5, 5.41) is 22.9. The van der Waals surface area contributed by atoms with E-state index >= 15 is 0 Å². The summed E-state index contributed by atoms with van der Waals surface area (Å²) in [7, 11) is 0. The van der Waals surface area contributed by atoms with Gasteiger partial charge in [-0.2, -0.15) is 0 Å².